The maximum atomic E-state index is 7.58. The molecule has 0 radical (unpaired) electrons. The third kappa shape index (κ3) is 2.95. The van der Waals surface area contributed by atoms with Gasteiger partial charge in [0.1, 0.15) is 7.05 Å². The Labute approximate surface area is 140 Å². The van der Waals surface area contributed by atoms with Crippen LogP contribution in [0.3, 0.4) is 0 Å². The molecule has 2 aromatic rings. The van der Waals surface area contributed by atoms with Crippen LogP contribution in [-0.2, 0) is 12.5 Å². The van der Waals surface area contributed by atoms with E-state index < -0.39 is 6.85 Å². The number of rotatable bonds is 5. The van der Waals surface area contributed by atoms with Crippen molar-refractivity contribution < 1.29 is 8.68 Å². The lowest BCUT2D eigenvalue weighted by molar-refractivity contribution is -0.661. The summed E-state index contributed by atoms with van der Waals surface area (Å²) in [7, 11) is 2.07. The molecule has 1 heteroatoms. The van der Waals surface area contributed by atoms with E-state index in [-0.39, 0.29) is 5.41 Å². The van der Waals surface area contributed by atoms with Crippen molar-refractivity contribution in [3.63, 3.8) is 0 Å². The predicted molar refractivity (Wildman–Crippen MR) is 95.1 cm³/mol. The fraction of sp³-hybridized carbons (Fsp3) is 0.476. The molecular weight excluding hydrogens is 266 g/mol. The summed E-state index contributed by atoms with van der Waals surface area (Å²) in [6.45, 7) is 6.71. The Hall–Kier alpha value is -1.63. The van der Waals surface area contributed by atoms with Crippen LogP contribution < -0.4 is 4.57 Å². The van der Waals surface area contributed by atoms with Gasteiger partial charge in [0, 0.05) is 26.7 Å². The second-order valence-corrected chi connectivity index (χ2v) is 6.28. The smallest absolute Gasteiger partial charge is 0.201 e. The van der Waals surface area contributed by atoms with Crippen LogP contribution in [-0.4, -0.2) is 0 Å². The normalized spacial score (nSPS) is 14.3. The highest BCUT2D eigenvalue weighted by Gasteiger charge is 2.29. The summed E-state index contributed by atoms with van der Waals surface area (Å²) in [5.74, 6) is 0. The Morgan fingerprint density at radius 3 is 2.23 bits per heavy atom. The number of hydrogen-bond donors (Lipinski definition) is 0. The number of aryl methyl sites for hydroxylation is 3. The molecule has 2 rings (SSSR count). The number of nitrogens with zero attached hydrogens (tertiary/aromatic N) is 1. The minimum absolute atomic E-state index is 0.233. The van der Waals surface area contributed by atoms with Crippen molar-refractivity contribution in [2.45, 2.75) is 59.2 Å². The first kappa shape index (κ1) is 12.9. The SMILES string of the molecule is [2H]C([2H])([2H])c1ccc(-c2ccc(C(CC)(CC)CC)c[n+]2C)c(C)c1. The third-order valence-corrected chi connectivity index (χ3v) is 5.28. The van der Waals surface area contributed by atoms with E-state index in [1.165, 1.54) is 5.56 Å². The van der Waals surface area contributed by atoms with E-state index in [1.54, 1.807) is 12.1 Å². The van der Waals surface area contributed by atoms with Crippen LogP contribution in [0.5, 0.6) is 0 Å². The van der Waals surface area contributed by atoms with Gasteiger partial charge in [-0.25, -0.2) is 4.57 Å². The first-order valence-corrected chi connectivity index (χ1v) is 8.30. The Kier molecular flexibility index (Phi) is 3.89. The van der Waals surface area contributed by atoms with Gasteiger partial charge in [0.25, 0.3) is 0 Å². The standard InChI is InChI=1S/C21H30N/c1-7-21(8-2,9-3)18-11-13-20(22(6)15-18)19-12-10-16(4)14-17(19)5/h10-15H,7-9H2,1-6H3/q+1/i4D3. The molecule has 0 saturated carbocycles. The summed E-state index contributed by atoms with van der Waals surface area (Å²) in [4.78, 5) is 0. The van der Waals surface area contributed by atoms with Crippen molar-refractivity contribution in [2.24, 2.45) is 7.05 Å². The predicted octanol–water partition coefficient (Wildman–Crippen LogP) is 5.26. The molecule has 118 valence electrons. The van der Waals surface area contributed by atoms with E-state index in [2.05, 4.69) is 50.7 Å². The second kappa shape index (κ2) is 6.64. The van der Waals surface area contributed by atoms with E-state index in [1.807, 2.05) is 13.0 Å². The molecule has 0 fully saturated rings. The average Bonchev–Trinajstić information content (AvgIpc) is 2.57. The monoisotopic (exact) mass is 299 g/mol. The van der Waals surface area contributed by atoms with Gasteiger partial charge in [-0.2, -0.15) is 0 Å². The third-order valence-electron chi connectivity index (χ3n) is 5.28. The van der Waals surface area contributed by atoms with Gasteiger partial charge in [-0.1, -0.05) is 38.5 Å². The van der Waals surface area contributed by atoms with Crippen LogP contribution >= 0.6 is 0 Å². The van der Waals surface area contributed by atoms with E-state index in [4.69, 9.17) is 4.11 Å². The van der Waals surface area contributed by atoms with Gasteiger partial charge in [-0.3, -0.25) is 0 Å². The van der Waals surface area contributed by atoms with Crippen LogP contribution in [0.4, 0.5) is 0 Å². The van der Waals surface area contributed by atoms with Crippen LogP contribution in [0.15, 0.2) is 36.5 Å². The maximum Gasteiger partial charge on any atom is 0.212 e. The molecule has 0 bridgehead atoms. The summed E-state index contributed by atoms with van der Waals surface area (Å²) in [6, 6.07) is 9.84. The zero-order valence-electron chi connectivity index (χ0n) is 17.5. The quantitative estimate of drug-likeness (QED) is 0.663. The second-order valence-electron chi connectivity index (χ2n) is 6.28. The molecule has 0 amide bonds. The molecule has 0 N–H and O–H groups in total. The lowest BCUT2D eigenvalue weighted by Gasteiger charge is -2.29. The highest BCUT2D eigenvalue weighted by atomic mass is 14.9. The van der Waals surface area contributed by atoms with Crippen LogP contribution in [0.1, 0.15) is 60.8 Å². The molecule has 1 nitrogen and oxygen atoms in total. The molecule has 1 aromatic heterocycles. The largest absolute Gasteiger partial charge is 0.212 e. The fourth-order valence-electron chi connectivity index (χ4n) is 3.51. The first-order chi connectivity index (χ1) is 11.7. The number of aromatic nitrogens is 1. The number of pyridine rings is 1. The van der Waals surface area contributed by atoms with E-state index in [0.29, 0.717) is 5.56 Å². The lowest BCUT2D eigenvalue weighted by atomic mass is 9.74. The molecule has 1 heterocycles. The van der Waals surface area contributed by atoms with Gasteiger partial charge in [0.15, 0.2) is 6.20 Å². The van der Waals surface area contributed by atoms with Crippen LogP contribution in [0.2, 0.25) is 0 Å². The van der Waals surface area contributed by atoms with Crippen molar-refractivity contribution >= 4 is 0 Å². The lowest BCUT2D eigenvalue weighted by Crippen LogP contribution is -2.35. The van der Waals surface area contributed by atoms with Crippen molar-refractivity contribution in [1.82, 2.24) is 0 Å². The summed E-state index contributed by atoms with van der Waals surface area (Å²) < 4.78 is 24.9. The minimum Gasteiger partial charge on any atom is -0.201 e. The van der Waals surface area contributed by atoms with E-state index >= 15 is 0 Å². The van der Waals surface area contributed by atoms with Crippen molar-refractivity contribution in [3.8, 4) is 11.3 Å². The molecule has 1 aromatic carbocycles. The van der Waals surface area contributed by atoms with Crippen molar-refractivity contribution in [3.05, 3.63) is 53.2 Å². The number of hydrogen-bond acceptors (Lipinski definition) is 0. The van der Waals surface area contributed by atoms with Crippen molar-refractivity contribution in [1.29, 1.82) is 0 Å². The maximum absolute atomic E-state index is 7.58. The van der Waals surface area contributed by atoms with Crippen LogP contribution in [0.25, 0.3) is 11.3 Å². The number of benzene rings is 1. The summed E-state index contributed by atoms with van der Waals surface area (Å²) in [6.07, 6.45) is 5.63. The highest BCUT2D eigenvalue weighted by molar-refractivity contribution is 5.61. The van der Waals surface area contributed by atoms with E-state index in [0.717, 1.165) is 36.1 Å². The van der Waals surface area contributed by atoms with Gasteiger partial charge in [0.05, 0.1) is 0 Å². The molecule has 0 atom stereocenters. The van der Waals surface area contributed by atoms with Gasteiger partial charge >= 0.3 is 0 Å². The summed E-state index contributed by atoms with van der Waals surface area (Å²) in [5, 5.41) is 0. The zero-order valence-corrected chi connectivity index (χ0v) is 14.5. The molecule has 0 spiro atoms. The van der Waals surface area contributed by atoms with Crippen LogP contribution in [0, 0.1) is 13.8 Å². The van der Waals surface area contributed by atoms with Gasteiger partial charge < -0.3 is 0 Å². The average molecular weight is 299 g/mol. The molecule has 0 aliphatic heterocycles. The summed E-state index contributed by atoms with van der Waals surface area (Å²) in [5.41, 5.74) is 5.19. The zero-order chi connectivity index (χ0) is 18.8. The molecule has 22 heavy (non-hydrogen) atoms. The van der Waals surface area contributed by atoms with Gasteiger partial charge in [-0.15, -0.1) is 0 Å². The molecule has 0 unspecified atom stereocenters. The Morgan fingerprint density at radius 1 is 1.05 bits per heavy atom. The molecule has 0 aliphatic rings. The van der Waals surface area contributed by atoms with Gasteiger partial charge in [-0.05, 0) is 50.7 Å². The Bertz CT molecular complexity index is 735. The molecule has 0 saturated heterocycles. The Balaban J connectivity index is 2.49. The molecular formula is C21H30N+. The Morgan fingerprint density at radius 2 is 1.73 bits per heavy atom. The fourth-order valence-corrected chi connectivity index (χ4v) is 3.51. The summed E-state index contributed by atoms with van der Waals surface area (Å²) >= 11 is 0. The first-order valence-electron chi connectivity index (χ1n) is 9.80. The van der Waals surface area contributed by atoms with Crippen molar-refractivity contribution in [2.75, 3.05) is 0 Å². The molecule has 0 aliphatic carbocycles. The van der Waals surface area contributed by atoms with E-state index in [9.17, 15) is 0 Å². The topological polar surface area (TPSA) is 3.88 Å². The minimum atomic E-state index is -2.06. The highest BCUT2D eigenvalue weighted by Crippen LogP contribution is 2.35. The van der Waals surface area contributed by atoms with Gasteiger partial charge in [0.2, 0.25) is 5.69 Å².